The fraction of sp³-hybridized carbons (Fsp3) is 0.533. The van der Waals surface area contributed by atoms with E-state index in [0.717, 1.165) is 5.56 Å². The van der Waals surface area contributed by atoms with Crippen molar-refractivity contribution >= 4 is 5.78 Å². The number of hydrogen-bond acceptors (Lipinski definition) is 1. The van der Waals surface area contributed by atoms with Crippen LogP contribution in [0.15, 0.2) is 6.07 Å². The molecule has 100 valence electrons. The minimum Gasteiger partial charge on any atom is -0.300 e. The first-order valence-electron chi connectivity index (χ1n) is 6.25. The van der Waals surface area contributed by atoms with E-state index in [0.29, 0.717) is 11.1 Å². The first kappa shape index (κ1) is 14.8. The molecule has 0 fully saturated rings. The predicted molar refractivity (Wildman–Crippen MR) is 68.9 cm³/mol. The summed E-state index contributed by atoms with van der Waals surface area (Å²) < 4.78 is 27.5. The molecule has 18 heavy (non-hydrogen) atoms. The Morgan fingerprint density at radius 3 is 2.11 bits per heavy atom. The van der Waals surface area contributed by atoms with Crippen molar-refractivity contribution in [3.05, 3.63) is 34.4 Å². The minimum absolute atomic E-state index is 0.0372. The van der Waals surface area contributed by atoms with Gasteiger partial charge < -0.3 is 0 Å². The van der Waals surface area contributed by atoms with Crippen molar-refractivity contribution in [3.8, 4) is 0 Å². The zero-order valence-electron chi connectivity index (χ0n) is 11.6. The molecule has 0 heterocycles. The van der Waals surface area contributed by atoms with Gasteiger partial charge in [-0.1, -0.05) is 27.7 Å². The van der Waals surface area contributed by atoms with Gasteiger partial charge in [0.25, 0.3) is 0 Å². The lowest BCUT2D eigenvalue weighted by atomic mass is 9.86. The van der Waals surface area contributed by atoms with Crippen LogP contribution in [0.5, 0.6) is 0 Å². The smallest absolute Gasteiger partial charge is 0.162 e. The normalized spacial score (nSPS) is 11.4. The fourth-order valence-corrected chi connectivity index (χ4v) is 2.27. The number of carbonyl (C=O) groups excluding carboxylic acids is 1. The molecule has 1 aromatic rings. The molecule has 0 aliphatic carbocycles. The summed E-state index contributed by atoms with van der Waals surface area (Å²) in [5.41, 5.74) is 1.73. The molecule has 0 bridgehead atoms. The molecule has 3 heteroatoms. The molecule has 0 N–H and O–H groups in total. The second-order valence-corrected chi connectivity index (χ2v) is 5.34. The summed E-state index contributed by atoms with van der Waals surface area (Å²) >= 11 is 0. The van der Waals surface area contributed by atoms with Crippen molar-refractivity contribution < 1.29 is 13.6 Å². The number of Topliss-reactive ketones (excluding diaryl/α,β-unsaturated/α-hetero) is 1. The highest BCUT2D eigenvalue weighted by molar-refractivity contribution is 5.79. The average molecular weight is 254 g/mol. The van der Waals surface area contributed by atoms with Gasteiger partial charge in [-0.25, -0.2) is 8.78 Å². The Morgan fingerprint density at radius 1 is 1.17 bits per heavy atom. The SMILES string of the molecule is CC(=O)Cc1c(C(C)C)cc(F)c(F)c1C(C)C. The maximum Gasteiger partial charge on any atom is 0.162 e. The number of halogens is 2. The first-order chi connectivity index (χ1) is 8.25. The van der Waals surface area contributed by atoms with Crippen molar-refractivity contribution in [3.63, 3.8) is 0 Å². The van der Waals surface area contributed by atoms with E-state index in [9.17, 15) is 13.6 Å². The summed E-state index contributed by atoms with van der Waals surface area (Å²) in [6.45, 7) is 8.92. The molecule has 0 aliphatic rings. The van der Waals surface area contributed by atoms with E-state index in [1.165, 1.54) is 13.0 Å². The molecule has 0 saturated carbocycles. The van der Waals surface area contributed by atoms with Crippen LogP contribution in [-0.2, 0) is 11.2 Å². The number of rotatable bonds is 4. The van der Waals surface area contributed by atoms with Crippen LogP contribution in [0.3, 0.4) is 0 Å². The number of ketones is 1. The molecule has 0 aromatic heterocycles. The minimum atomic E-state index is -0.824. The third-order valence-corrected chi connectivity index (χ3v) is 3.03. The topological polar surface area (TPSA) is 17.1 Å². The molecule has 0 atom stereocenters. The van der Waals surface area contributed by atoms with E-state index in [4.69, 9.17) is 0 Å². The largest absolute Gasteiger partial charge is 0.300 e. The van der Waals surface area contributed by atoms with Gasteiger partial charge in [0, 0.05) is 6.42 Å². The standard InChI is InChI=1S/C15H20F2O/c1-8(2)11-7-13(16)15(17)14(9(3)4)12(11)6-10(5)18/h7-9H,6H2,1-5H3. The van der Waals surface area contributed by atoms with Crippen LogP contribution >= 0.6 is 0 Å². The highest BCUT2D eigenvalue weighted by Gasteiger charge is 2.22. The van der Waals surface area contributed by atoms with E-state index in [2.05, 4.69) is 0 Å². The maximum atomic E-state index is 13.9. The van der Waals surface area contributed by atoms with Gasteiger partial charge in [0.05, 0.1) is 0 Å². The molecule has 1 nitrogen and oxygen atoms in total. The number of hydrogen-bond donors (Lipinski definition) is 0. The Bertz CT molecular complexity index is 462. The van der Waals surface area contributed by atoms with Crippen molar-refractivity contribution in [1.29, 1.82) is 0 Å². The lowest BCUT2D eigenvalue weighted by Crippen LogP contribution is -2.11. The molecule has 0 saturated heterocycles. The fourth-order valence-electron chi connectivity index (χ4n) is 2.27. The average Bonchev–Trinajstić information content (AvgIpc) is 2.21. The van der Waals surface area contributed by atoms with Crippen LogP contribution in [0.4, 0.5) is 8.78 Å². The van der Waals surface area contributed by atoms with Crippen molar-refractivity contribution in [2.75, 3.05) is 0 Å². The Kier molecular flexibility index (Phi) is 4.60. The number of carbonyl (C=O) groups is 1. The Balaban J connectivity index is 3.57. The summed E-state index contributed by atoms with van der Waals surface area (Å²) in [5.74, 6) is -1.76. The summed E-state index contributed by atoms with van der Waals surface area (Å²) in [6, 6.07) is 1.23. The zero-order valence-corrected chi connectivity index (χ0v) is 11.6. The van der Waals surface area contributed by atoms with E-state index in [1.54, 1.807) is 0 Å². The van der Waals surface area contributed by atoms with Crippen LogP contribution in [0.25, 0.3) is 0 Å². The molecule has 0 aliphatic heterocycles. The molecule has 0 radical (unpaired) electrons. The number of benzene rings is 1. The molecular weight excluding hydrogens is 234 g/mol. The van der Waals surface area contributed by atoms with Gasteiger partial charge in [-0.3, -0.25) is 4.79 Å². The third kappa shape index (κ3) is 2.95. The highest BCUT2D eigenvalue weighted by atomic mass is 19.2. The highest BCUT2D eigenvalue weighted by Crippen LogP contribution is 2.32. The second kappa shape index (κ2) is 5.59. The van der Waals surface area contributed by atoms with E-state index in [1.807, 2.05) is 27.7 Å². The van der Waals surface area contributed by atoms with E-state index >= 15 is 0 Å². The monoisotopic (exact) mass is 254 g/mol. The Labute approximate surface area is 107 Å². The first-order valence-corrected chi connectivity index (χ1v) is 6.25. The van der Waals surface area contributed by atoms with Crippen LogP contribution in [0.2, 0.25) is 0 Å². The van der Waals surface area contributed by atoms with Crippen LogP contribution < -0.4 is 0 Å². The molecule has 0 spiro atoms. The van der Waals surface area contributed by atoms with Crippen LogP contribution in [0.1, 0.15) is 63.1 Å². The quantitative estimate of drug-likeness (QED) is 0.781. The van der Waals surface area contributed by atoms with Gasteiger partial charge in [-0.05, 0) is 41.5 Å². The Morgan fingerprint density at radius 2 is 1.72 bits per heavy atom. The summed E-state index contributed by atoms with van der Waals surface area (Å²) in [4.78, 5) is 11.3. The third-order valence-electron chi connectivity index (χ3n) is 3.03. The van der Waals surface area contributed by atoms with Crippen molar-refractivity contribution in [2.45, 2.75) is 52.9 Å². The maximum absolute atomic E-state index is 13.9. The van der Waals surface area contributed by atoms with Crippen molar-refractivity contribution in [2.24, 2.45) is 0 Å². The summed E-state index contributed by atoms with van der Waals surface area (Å²) in [5, 5.41) is 0. The Hall–Kier alpha value is -1.25. The van der Waals surface area contributed by atoms with Crippen LogP contribution in [-0.4, -0.2) is 5.78 Å². The van der Waals surface area contributed by atoms with Crippen LogP contribution in [0, 0.1) is 11.6 Å². The van der Waals surface area contributed by atoms with Gasteiger partial charge in [-0.2, -0.15) is 0 Å². The molecule has 1 aromatic carbocycles. The van der Waals surface area contributed by atoms with Gasteiger partial charge in [0.15, 0.2) is 11.6 Å². The molecule has 0 unspecified atom stereocenters. The van der Waals surface area contributed by atoms with Gasteiger partial charge in [-0.15, -0.1) is 0 Å². The summed E-state index contributed by atoms with van der Waals surface area (Å²) in [6.07, 6.45) is 0.165. The van der Waals surface area contributed by atoms with Crippen molar-refractivity contribution in [1.82, 2.24) is 0 Å². The predicted octanol–water partition coefficient (Wildman–Crippen LogP) is 4.34. The summed E-state index contributed by atoms with van der Waals surface area (Å²) in [7, 11) is 0. The molecule has 1 rings (SSSR count). The zero-order chi connectivity index (χ0) is 14.0. The van der Waals surface area contributed by atoms with E-state index < -0.39 is 11.6 Å². The van der Waals surface area contributed by atoms with Gasteiger partial charge in [0.1, 0.15) is 5.78 Å². The second-order valence-electron chi connectivity index (χ2n) is 5.34. The van der Waals surface area contributed by atoms with Gasteiger partial charge >= 0.3 is 0 Å². The van der Waals surface area contributed by atoms with Gasteiger partial charge in [0.2, 0.25) is 0 Å². The lowest BCUT2D eigenvalue weighted by Gasteiger charge is -2.20. The molecule has 0 amide bonds. The van der Waals surface area contributed by atoms with E-state index in [-0.39, 0.29) is 24.0 Å². The molecular formula is C15H20F2O. The lowest BCUT2D eigenvalue weighted by molar-refractivity contribution is -0.116.